The van der Waals surface area contributed by atoms with Gasteiger partial charge in [-0.2, -0.15) is 0 Å². The molecule has 2 atom stereocenters. The van der Waals surface area contributed by atoms with Crippen molar-refractivity contribution in [3.63, 3.8) is 0 Å². The second-order valence-corrected chi connectivity index (χ2v) is 6.43. The van der Waals surface area contributed by atoms with Gasteiger partial charge in [0.15, 0.2) is 0 Å². The average Bonchev–Trinajstić information content (AvgIpc) is 2.64. The summed E-state index contributed by atoms with van der Waals surface area (Å²) in [6, 6.07) is 10.2. The highest BCUT2D eigenvalue weighted by atomic mass is 19.1. The summed E-state index contributed by atoms with van der Waals surface area (Å²) < 4.78 is 18.8. The number of carbonyl (C=O) groups excluding carboxylic acids is 1. The first-order valence-corrected chi connectivity index (χ1v) is 8.63. The molecule has 0 aliphatic carbocycles. The van der Waals surface area contributed by atoms with E-state index in [-0.39, 0.29) is 23.9 Å². The molecule has 132 valence electrons. The largest absolute Gasteiger partial charge is 0.379 e. The Hall–Kier alpha value is -2.27. The first-order chi connectivity index (χ1) is 12.2. The normalized spacial score (nSPS) is 20.5. The summed E-state index contributed by atoms with van der Waals surface area (Å²) in [6.07, 6.45) is 6.29. The van der Waals surface area contributed by atoms with Gasteiger partial charge in [0.05, 0.1) is 18.6 Å². The number of likely N-dealkylation sites (tertiary alicyclic amines) is 1. The van der Waals surface area contributed by atoms with Gasteiger partial charge in [-0.05, 0) is 54.7 Å². The minimum absolute atomic E-state index is 0.000179. The molecule has 0 saturated carbocycles. The third-order valence-electron chi connectivity index (χ3n) is 4.80. The molecule has 1 aliphatic rings. The summed E-state index contributed by atoms with van der Waals surface area (Å²) in [4.78, 5) is 18.8. The van der Waals surface area contributed by atoms with Crippen molar-refractivity contribution in [3.8, 4) is 0 Å². The highest BCUT2D eigenvalue weighted by Crippen LogP contribution is 2.24. The lowest BCUT2D eigenvalue weighted by atomic mass is 9.92. The molecule has 0 unspecified atom stereocenters. The first kappa shape index (κ1) is 17.5. The summed E-state index contributed by atoms with van der Waals surface area (Å²) in [6.45, 7) is 0.732. The van der Waals surface area contributed by atoms with Gasteiger partial charge in [-0.3, -0.25) is 9.78 Å². The van der Waals surface area contributed by atoms with Gasteiger partial charge in [0.25, 0.3) is 0 Å². The lowest BCUT2D eigenvalue weighted by Crippen LogP contribution is -2.53. The van der Waals surface area contributed by atoms with E-state index in [9.17, 15) is 9.18 Å². The van der Waals surface area contributed by atoms with Gasteiger partial charge in [-0.25, -0.2) is 4.39 Å². The number of methoxy groups -OCH3 is 1. The van der Waals surface area contributed by atoms with E-state index in [0.29, 0.717) is 12.8 Å². The Labute approximate surface area is 147 Å². The second-order valence-electron chi connectivity index (χ2n) is 6.43. The number of benzene rings is 1. The van der Waals surface area contributed by atoms with Gasteiger partial charge in [0, 0.05) is 26.0 Å². The summed E-state index contributed by atoms with van der Waals surface area (Å²) in [5, 5.41) is 0. The van der Waals surface area contributed by atoms with Crippen LogP contribution in [0.25, 0.3) is 0 Å². The van der Waals surface area contributed by atoms with Gasteiger partial charge in [-0.15, -0.1) is 0 Å². The number of rotatable bonds is 5. The smallest absolute Gasteiger partial charge is 0.227 e. The number of aromatic nitrogens is 1. The van der Waals surface area contributed by atoms with E-state index in [1.165, 1.54) is 12.1 Å². The Kier molecular flexibility index (Phi) is 5.76. The molecule has 1 fully saturated rings. The zero-order valence-electron chi connectivity index (χ0n) is 14.4. The molecule has 25 heavy (non-hydrogen) atoms. The zero-order valence-corrected chi connectivity index (χ0v) is 14.4. The predicted octanol–water partition coefficient (Wildman–Crippen LogP) is 3.01. The van der Waals surface area contributed by atoms with Crippen LogP contribution in [0, 0.1) is 5.82 Å². The molecule has 1 aliphatic heterocycles. The van der Waals surface area contributed by atoms with E-state index in [2.05, 4.69) is 4.98 Å². The molecular formula is C20H23FN2O2. The van der Waals surface area contributed by atoms with Crippen LogP contribution >= 0.6 is 0 Å². The highest BCUT2D eigenvalue weighted by molar-refractivity contribution is 5.79. The van der Waals surface area contributed by atoms with Crippen molar-refractivity contribution in [2.24, 2.45) is 0 Å². The third-order valence-corrected chi connectivity index (χ3v) is 4.80. The molecule has 2 heterocycles. The summed E-state index contributed by atoms with van der Waals surface area (Å²) in [5.41, 5.74) is 1.97. The summed E-state index contributed by atoms with van der Waals surface area (Å²) >= 11 is 0. The monoisotopic (exact) mass is 342 g/mol. The molecule has 1 amide bonds. The van der Waals surface area contributed by atoms with E-state index in [1.54, 1.807) is 31.6 Å². The van der Waals surface area contributed by atoms with E-state index in [0.717, 1.165) is 30.5 Å². The maximum Gasteiger partial charge on any atom is 0.227 e. The predicted molar refractivity (Wildman–Crippen MR) is 93.6 cm³/mol. The molecule has 1 aromatic heterocycles. The van der Waals surface area contributed by atoms with Crippen LogP contribution in [0.15, 0.2) is 48.8 Å². The number of piperidine rings is 1. The molecule has 0 spiro atoms. The molecule has 1 aromatic carbocycles. The number of carbonyl (C=O) groups is 1. The van der Waals surface area contributed by atoms with E-state index < -0.39 is 0 Å². The van der Waals surface area contributed by atoms with Crippen molar-refractivity contribution in [2.45, 2.75) is 37.8 Å². The molecule has 0 bridgehead atoms. The minimum atomic E-state index is -0.249. The van der Waals surface area contributed by atoms with Gasteiger partial charge < -0.3 is 9.64 Å². The molecule has 4 nitrogen and oxygen atoms in total. The Morgan fingerprint density at radius 2 is 1.92 bits per heavy atom. The van der Waals surface area contributed by atoms with E-state index >= 15 is 0 Å². The Morgan fingerprint density at radius 3 is 2.60 bits per heavy atom. The van der Waals surface area contributed by atoms with Crippen molar-refractivity contribution in [1.29, 1.82) is 0 Å². The maximum atomic E-state index is 13.2. The summed E-state index contributed by atoms with van der Waals surface area (Å²) in [7, 11) is 1.69. The lowest BCUT2D eigenvalue weighted by Gasteiger charge is -2.41. The van der Waals surface area contributed by atoms with Gasteiger partial charge >= 0.3 is 0 Å². The Morgan fingerprint density at radius 1 is 1.20 bits per heavy atom. The van der Waals surface area contributed by atoms with Crippen LogP contribution in [0.5, 0.6) is 0 Å². The van der Waals surface area contributed by atoms with Crippen molar-refractivity contribution in [3.05, 3.63) is 65.7 Å². The van der Waals surface area contributed by atoms with Crippen molar-refractivity contribution in [1.82, 2.24) is 9.88 Å². The van der Waals surface area contributed by atoms with Crippen molar-refractivity contribution in [2.75, 3.05) is 13.7 Å². The Bertz CT molecular complexity index is 691. The number of halogens is 1. The number of hydrogen-bond acceptors (Lipinski definition) is 3. The van der Waals surface area contributed by atoms with Crippen LogP contribution in [-0.2, 0) is 22.4 Å². The van der Waals surface area contributed by atoms with Crippen LogP contribution < -0.4 is 0 Å². The number of amides is 1. The summed E-state index contributed by atoms with van der Waals surface area (Å²) in [5.74, 6) is -0.152. The quantitative estimate of drug-likeness (QED) is 0.839. The van der Waals surface area contributed by atoms with Crippen LogP contribution in [0.1, 0.15) is 24.0 Å². The molecule has 1 saturated heterocycles. The average molecular weight is 342 g/mol. The molecule has 0 N–H and O–H groups in total. The number of ether oxygens (including phenoxy) is 1. The molecule has 2 aromatic rings. The van der Waals surface area contributed by atoms with Crippen LogP contribution in [0.3, 0.4) is 0 Å². The number of pyridine rings is 1. The van der Waals surface area contributed by atoms with Crippen molar-refractivity contribution < 1.29 is 13.9 Å². The molecular weight excluding hydrogens is 319 g/mol. The minimum Gasteiger partial charge on any atom is -0.379 e. The topological polar surface area (TPSA) is 42.4 Å². The molecule has 5 heteroatoms. The lowest BCUT2D eigenvalue weighted by molar-refractivity contribution is -0.139. The van der Waals surface area contributed by atoms with E-state index in [4.69, 9.17) is 4.74 Å². The number of hydrogen-bond donors (Lipinski definition) is 0. The van der Waals surface area contributed by atoms with Crippen LogP contribution in [0.4, 0.5) is 4.39 Å². The fraction of sp³-hybridized carbons (Fsp3) is 0.400. The fourth-order valence-electron chi connectivity index (χ4n) is 3.49. The van der Waals surface area contributed by atoms with Crippen LogP contribution in [-0.4, -0.2) is 41.6 Å². The fourth-order valence-corrected chi connectivity index (χ4v) is 3.49. The molecule has 0 radical (unpaired) electrons. The zero-order chi connectivity index (χ0) is 17.6. The van der Waals surface area contributed by atoms with Gasteiger partial charge in [0.1, 0.15) is 5.82 Å². The SMILES string of the molecule is CO[C@H]1CCCN(C(=O)Cc2ccncc2)[C@H]1Cc1ccc(F)cc1. The third kappa shape index (κ3) is 4.42. The Balaban J connectivity index is 1.76. The van der Waals surface area contributed by atoms with E-state index in [1.807, 2.05) is 17.0 Å². The second kappa shape index (κ2) is 8.21. The standard InChI is InChI=1S/C20H23FN2O2/c1-25-19-3-2-12-23(20(24)14-16-8-10-22-11-9-16)18(19)13-15-4-6-17(21)7-5-15/h4-11,18-19H,2-3,12-14H2,1H3/t18-,19-/m0/s1. The first-order valence-electron chi connectivity index (χ1n) is 8.63. The van der Waals surface area contributed by atoms with Gasteiger partial charge in [0.2, 0.25) is 5.91 Å². The highest BCUT2D eigenvalue weighted by Gasteiger charge is 2.34. The van der Waals surface area contributed by atoms with Gasteiger partial charge in [-0.1, -0.05) is 12.1 Å². The maximum absolute atomic E-state index is 13.2. The molecule has 3 rings (SSSR count). The number of nitrogens with zero attached hydrogens (tertiary/aromatic N) is 2. The van der Waals surface area contributed by atoms with Crippen LogP contribution in [0.2, 0.25) is 0 Å². The van der Waals surface area contributed by atoms with Crippen molar-refractivity contribution >= 4 is 5.91 Å².